The van der Waals surface area contributed by atoms with Crippen molar-refractivity contribution in [1.29, 1.82) is 0 Å². The molecule has 0 N–H and O–H groups in total. The molecule has 3 aliphatic rings. The Morgan fingerprint density at radius 3 is 2.50 bits per heavy atom. The van der Waals surface area contributed by atoms with E-state index in [9.17, 15) is 17.6 Å². The Morgan fingerprint density at radius 2 is 1.91 bits per heavy atom. The maximum absolute atomic E-state index is 14.0. The number of hydrogen-bond donors (Lipinski definition) is 0. The van der Waals surface area contributed by atoms with Crippen LogP contribution in [0.15, 0.2) is 24.3 Å². The summed E-state index contributed by atoms with van der Waals surface area (Å²) in [5, 5.41) is 0. The maximum atomic E-state index is 14.0. The first kappa shape index (κ1) is 23.6. The third-order valence-corrected chi connectivity index (χ3v) is 9.23. The predicted molar refractivity (Wildman–Crippen MR) is 121 cm³/mol. The Labute approximate surface area is 191 Å². The van der Waals surface area contributed by atoms with Gasteiger partial charge in [-0.15, -0.1) is 0 Å². The van der Waals surface area contributed by atoms with Gasteiger partial charge in [0.25, 0.3) is 0 Å². The molecule has 2 saturated heterocycles. The predicted octanol–water partition coefficient (Wildman–Crippen LogP) is 3.46. The van der Waals surface area contributed by atoms with Crippen molar-refractivity contribution in [2.75, 3.05) is 32.5 Å². The molecule has 178 valence electrons. The zero-order chi connectivity index (χ0) is 23.0. The zero-order valence-electron chi connectivity index (χ0n) is 19.2. The highest BCUT2D eigenvalue weighted by Gasteiger charge is 2.48. The van der Waals surface area contributed by atoms with Gasteiger partial charge in [-0.05, 0) is 56.2 Å². The van der Waals surface area contributed by atoms with Gasteiger partial charge in [0.15, 0.2) is 0 Å². The molecule has 3 fully saturated rings. The van der Waals surface area contributed by atoms with Crippen LogP contribution in [0.2, 0.25) is 0 Å². The second-order valence-corrected chi connectivity index (χ2v) is 11.7. The summed E-state index contributed by atoms with van der Waals surface area (Å²) >= 11 is 0. The lowest BCUT2D eigenvalue weighted by Crippen LogP contribution is -2.57. The fourth-order valence-electron chi connectivity index (χ4n) is 6.17. The van der Waals surface area contributed by atoms with Gasteiger partial charge in [0.2, 0.25) is 15.9 Å². The van der Waals surface area contributed by atoms with E-state index in [1.54, 1.807) is 10.4 Å². The quantitative estimate of drug-likeness (QED) is 0.667. The van der Waals surface area contributed by atoms with E-state index < -0.39 is 15.4 Å². The van der Waals surface area contributed by atoms with E-state index in [1.165, 1.54) is 18.4 Å². The molecule has 1 spiro atoms. The van der Waals surface area contributed by atoms with Crippen LogP contribution in [0.4, 0.5) is 4.39 Å². The van der Waals surface area contributed by atoms with Gasteiger partial charge in [-0.25, -0.2) is 12.8 Å². The molecule has 2 aliphatic heterocycles. The van der Waals surface area contributed by atoms with Crippen LogP contribution in [-0.4, -0.2) is 67.7 Å². The van der Waals surface area contributed by atoms with Gasteiger partial charge in [0.1, 0.15) is 5.82 Å². The summed E-state index contributed by atoms with van der Waals surface area (Å²) in [6.07, 6.45) is 7.52. The number of carbonyl (C=O) groups is 1. The number of hydrogen-bond acceptors (Lipinski definition) is 4. The molecule has 2 heterocycles. The van der Waals surface area contributed by atoms with Gasteiger partial charge < -0.3 is 9.64 Å². The molecule has 8 heteroatoms. The summed E-state index contributed by atoms with van der Waals surface area (Å²) in [4.78, 5) is 15.7. The smallest absolute Gasteiger partial charge is 0.233 e. The molecule has 1 aliphatic carbocycles. The SMILES string of the molecule is CCN([C@H]1CCOC2(CCN(C(=O)C3(c4cccc(F)c4)CCCC3)CC2)C1)S(C)(=O)=O. The molecule has 1 amide bonds. The molecule has 4 rings (SSSR count). The molecular formula is C24H35FN2O4S. The first-order valence-electron chi connectivity index (χ1n) is 11.9. The van der Waals surface area contributed by atoms with Crippen LogP contribution >= 0.6 is 0 Å². The fraction of sp³-hybridized carbons (Fsp3) is 0.708. The third kappa shape index (κ3) is 4.46. The number of amides is 1. The van der Waals surface area contributed by atoms with Crippen LogP contribution in [0.1, 0.15) is 63.9 Å². The Hall–Kier alpha value is -1.51. The molecule has 1 saturated carbocycles. The molecule has 1 atom stereocenters. The average Bonchev–Trinajstić information content (AvgIpc) is 3.25. The number of ether oxygens (including phenoxy) is 1. The van der Waals surface area contributed by atoms with Gasteiger partial charge in [-0.3, -0.25) is 4.79 Å². The first-order chi connectivity index (χ1) is 15.2. The molecule has 0 aromatic heterocycles. The number of carbonyl (C=O) groups excluding carboxylic acids is 1. The summed E-state index contributed by atoms with van der Waals surface area (Å²) in [5.41, 5.74) is -0.210. The molecular weight excluding hydrogens is 431 g/mol. The highest BCUT2D eigenvalue weighted by molar-refractivity contribution is 7.88. The highest BCUT2D eigenvalue weighted by Crippen LogP contribution is 2.44. The summed E-state index contributed by atoms with van der Waals surface area (Å²) < 4.78 is 46.2. The minimum Gasteiger partial charge on any atom is -0.375 e. The number of nitrogens with zero attached hydrogens (tertiary/aromatic N) is 2. The van der Waals surface area contributed by atoms with E-state index in [2.05, 4.69) is 0 Å². The largest absolute Gasteiger partial charge is 0.375 e. The van der Waals surface area contributed by atoms with Gasteiger partial charge in [0, 0.05) is 32.3 Å². The van der Waals surface area contributed by atoms with Crippen molar-refractivity contribution in [2.45, 2.75) is 75.3 Å². The Balaban J connectivity index is 1.47. The molecule has 6 nitrogen and oxygen atoms in total. The topological polar surface area (TPSA) is 66.9 Å². The van der Waals surface area contributed by atoms with E-state index in [0.717, 1.165) is 31.2 Å². The van der Waals surface area contributed by atoms with E-state index in [0.29, 0.717) is 51.9 Å². The second-order valence-electron chi connectivity index (χ2n) is 9.74. The van der Waals surface area contributed by atoms with Crippen molar-refractivity contribution in [3.8, 4) is 0 Å². The fourth-order valence-corrected chi connectivity index (χ4v) is 7.36. The molecule has 0 bridgehead atoms. The summed E-state index contributed by atoms with van der Waals surface area (Å²) in [6, 6.07) is 6.47. The number of rotatable bonds is 5. The lowest BCUT2D eigenvalue weighted by Gasteiger charge is -2.49. The average molecular weight is 467 g/mol. The number of piperidine rings is 1. The summed E-state index contributed by atoms with van der Waals surface area (Å²) in [7, 11) is -3.26. The van der Waals surface area contributed by atoms with Crippen LogP contribution in [0.3, 0.4) is 0 Å². The van der Waals surface area contributed by atoms with E-state index in [4.69, 9.17) is 4.74 Å². The molecule has 1 aromatic rings. The zero-order valence-corrected chi connectivity index (χ0v) is 20.0. The van der Waals surface area contributed by atoms with Crippen molar-refractivity contribution in [2.24, 2.45) is 0 Å². The standard InChI is InChI=1S/C24H35FN2O4S/c1-3-27(32(2,29)30)21-9-16-31-23(18-21)12-14-26(15-13-23)22(28)24(10-4-5-11-24)19-7-6-8-20(25)17-19/h6-8,17,21H,3-5,9-16,18H2,1-2H3/t21-/m0/s1. The minimum absolute atomic E-state index is 0.0560. The van der Waals surface area contributed by atoms with Crippen molar-refractivity contribution < 1.29 is 22.3 Å². The van der Waals surface area contributed by atoms with Crippen LogP contribution in [0, 0.1) is 5.82 Å². The molecule has 0 radical (unpaired) electrons. The van der Waals surface area contributed by atoms with Crippen molar-refractivity contribution >= 4 is 15.9 Å². The van der Waals surface area contributed by atoms with Crippen LogP contribution < -0.4 is 0 Å². The van der Waals surface area contributed by atoms with Crippen molar-refractivity contribution in [1.82, 2.24) is 9.21 Å². The Kier molecular flexibility index (Phi) is 6.67. The highest BCUT2D eigenvalue weighted by atomic mass is 32.2. The molecule has 1 aromatic carbocycles. The van der Waals surface area contributed by atoms with Gasteiger partial charge in [0.05, 0.1) is 17.3 Å². The van der Waals surface area contributed by atoms with Gasteiger partial charge in [-0.1, -0.05) is 31.9 Å². The minimum atomic E-state index is -3.26. The van der Waals surface area contributed by atoms with Crippen LogP contribution in [0.5, 0.6) is 0 Å². The molecule has 0 unspecified atom stereocenters. The van der Waals surface area contributed by atoms with Gasteiger partial charge in [-0.2, -0.15) is 4.31 Å². The monoisotopic (exact) mass is 466 g/mol. The van der Waals surface area contributed by atoms with Crippen LogP contribution in [-0.2, 0) is 25.0 Å². The van der Waals surface area contributed by atoms with E-state index in [1.807, 2.05) is 17.9 Å². The Morgan fingerprint density at radius 1 is 1.22 bits per heavy atom. The number of sulfonamides is 1. The normalized spacial score (nSPS) is 25.4. The summed E-state index contributed by atoms with van der Waals surface area (Å²) in [5.74, 6) is -0.193. The number of benzene rings is 1. The second kappa shape index (κ2) is 9.03. The Bertz CT molecular complexity index is 937. The lowest BCUT2D eigenvalue weighted by molar-refractivity contribution is -0.151. The van der Waals surface area contributed by atoms with E-state index >= 15 is 0 Å². The van der Waals surface area contributed by atoms with Crippen molar-refractivity contribution in [3.05, 3.63) is 35.6 Å². The van der Waals surface area contributed by atoms with Crippen molar-refractivity contribution in [3.63, 3.8) is 0 Å². The first-order valence-corrected chi connectivity index (χ1v) is 13.7. The summed E-state index contributed by atoms with van der Waals surface area (Å²) in [6.45, 7) is 4.05. The lowest BCUT2D eigenvalue weighted by atomic mass is 9.76. The van der Waals surface area contributed by atoms with Gasteiger partial charge >= 0.3 is 0 Å². The third-order valence-electron chi connectivity index (χ3n) is 7.82. The van der Waals surface area contributed by atoms with E-state index in [-0.39, 0.29) is 23.4 Å². The maximum Gasteiger partial charge on any atom is 0.233 e. The number of likely N-dealkylation sites (tertiary alicyclic amines) is 1. The van der Waals surface area contributed by atoms with Crippen LogP contribution in [0.25, 0.3) is 0 Å². The molecule has 32 heavy (non-hydrogen) atoms. The number of halogens is 1.